The largest absolute Gasteiger partial charge is 0.393 e. The van der Waals surface area contributed by atoms with Crippen LogP contribution in [0.3, 0.4) is 0 Å². The Morgan fingerprint density at radius 3 is 2.72 bits per heavy atom. The van der Waals surface area contributed by atoms with Crippen LogP contribution in [0.15, 0.2) is 23.2 Å². The smallest absolute Gasteiger partial charge is 0.191 e. The molecule has 1 aromatic rings. The molecule has 5 nitrogen and oxygen atoms in total. The highest BCUT2D eigenvalue weighted by Gasteiger charge is 2.25. The summed E-state index contributed by atoms with van der Waals surface area (Å²) in [4.78, 5) is 6.71. The maximum absolute atomic E-state index is 14.7. The molecular weight excluding hydrogens is 387 g/mol. The van der Waals surface area contributed by atoms with Crippen LogP contribution in [0.4, 0.5) is 10.1 Å². The van der Waals surface area contributed by atoms with Crippen LogP contribution in [-0.4, -0.2) is 53.8 Å². The van der Waals surface area contributed by atoms with Gasteiger partial charge < -0.3 is 20.6 Å². The van der Waals surface area contributed by atoms with Gasteiger partial charge in [0, 0.05) is 30.9 Å². The van der Waals surface area contributed by atoms with Crippen molar-refractivity contribution in [2.24, 2.45) is 4.99 Å². The zero-order chi connectivity index (χ0) is 20.6. The van der Waals surface area contributed by atoms with Gasteiger partial charge in [-0.25, -0.2) is 9.38 Å². The summed E-state index contributed by atoms with van der Waals surface area (Å²) >= 11 is 2.05. The van der Waals surface area contributed by atoms with Crippen LogP contribution in [0, 0.1) is 5.82 Å². The van der Waals surface area contributed by atoms with Crippen molar-refractivity contribution >= 4 is 23.4 Å². The van der Waals surface area contributed by atoms with E-state index in [1.54, 1.807) is 6.07 Å². The van der Waals surface area contributed by atoms with E-state index in [1.165, 1.54) is 25.0 Å². The Bertz CT molecular complexity index is 679. The number of guanidine groups is 1. The summed E-state index contributed by atoms with van der Waals surface area (Å²) in [6, 6.07) is 5.86. The van der Waals surface area contributed by atoms with Crippen molar-refractivity contribution in [2.75, 3.05) is 30.3 Å². The van der Waals surface area contributed by atoms with Crippen molar-refractivity contribution in [1.29, 1.82) is 0 Å². The number of nitrogens with zero attached hydrogens (tertiary/aromatic N) is 2. The molecule has 0 bridgehead atoms. The van der Waals surface area contributed by atoms with E-state index in [2.05, 4.69) is 29.5 Å². The highest BCUT2D eigenvalue weighted by molar-refractivity contribution is 7.99. The second kappa shape index (κ2) is 11.1. The fourth-order valence-corrected chi connectivity index (χ4v) is 5.30. The van der Waals surface area contributed by atoms with Crippen molar-refractivity contribution in [3.8, 4) is 0 Å². The minimum Gasteiger partial charge on any atom is -0.393 e. The number of thioether (sulfide) groups is 1. The topological polar surface area (TPSA) is 59.9 Å². The van der Waals surface area contributed by atoms with Gasteiger partial charge in [0.15, 0.2) is 5.96 Å². The number of benzene rings is 1. The average molecular weight is 423 g/mol. The lowest BCUT2D eigenvalue weighted by Gasteiger charge is -2.31. The third-order valence-electron chi connectivity index (χ3n) is 5.71. The molecule has 3 N–H and O–H groups in total. The number of hydrogen-bond acceptors (Lipinski definition) is 4. The van der Waals surface area contributed by atoms with Crippen molar-refractivity contribution < 1.29 is 9.50 Å². The van der Waals surface area contributed by atoms with E-state index in [0.717, 1.165) is 23.3 Å². The molecule has 2 fully saturated rings. The first kappa shape index (κ1) is 22.2. The molecular formula is C22H35FN4OS. The van der Waals surface area contributed by atoms with Crippen LogP contribution in [0.25, 0.3) is 0 Å². The lowest BCUT2D eigenvalue weighted by Crippen LogP contribution is -2.42. The highest BCUT2D eigenvalue weighted by atomic mass is 32.2. The van der Waals surface area contributed by atoms with E-state index >= 15 is 0 Å². The molecule has 2 aliphatic rings. The third-order valence-corrected chi connectivity index (χ3v) is 6.94. The van der Waals surface area contributed by atoms with Crippen LogP contribution in [-0.2, 0) is 6.54 Å². The van der Waals surface area contributed by atoms with E-state index in [9.17, 15) is 9.50 Å². The molecule has 7 heteroatoms. The Morgan fingerprint density at radius 2 is 2.03 bits per heavy atom. The summed E-state index contributed by atoms with van der Waals surface area (Å²) in [6.07, 6.45) is 4.75. The fourth-order valence-electron chi connectivity index (χ4n) is 4.15. The minimum absolute atomic E-state index is 0.206. The quantitative estimate of drug-likeness (QED) is 0.464. The van der Waals surface area contributed by atoms with Crippen LogP contribution < -0.4 is 15.5 Å². The van der Waals surface area contributed by atoms with E-state index in [1.807, 2.05) is 28.8 Å². The molecule has 3 rings (SSSR count). The number of hydrogen-bond donors (Lipinski definition) is 3. The molecule has 162 valence electrons. The highest BCUT2D eigenvalue weighted by Crippen LogP contribution is 2.29. The van der Waals surface area contributed by atoms with Gasteiger partial charge in [0.25, 0.3) is 0 Å². The number of rotatable bonds is 7. The minimum atomic E-state index is -0.254. The number of nitrogens with one attached hydrogen (secondary N) is 2. The second-order valence-corrected chi connectivity index (χ2v) is 9.51. The summed E-state index contributed by atoms with van der Waals surface area (Å²) in [5, 5.41) is 17.3. The second-order valence-electron chi connectivity index (χ2n) is 7.93. The Balaban J connectivity index is 1.58. The molecule has 0 aromatic heterocycles. The molecule has 2 unspecified atom stereocenters. The van der Waals surface area contributed by atoms with Crippen molar-refractivity contribution in [2.45, 2.75) is 69.9 Å². The lowest BCUT2D eigenvalue weighted by atomic mass is 10.1. The molecule has 1 aliphatic heterocycles. The molecule has 29 heavy (non-hydrogen) atoms. The van der Waals surface area contributed by atoms with Gasteiger partial charge in [-0.15, -0.1) is 0 Å². The van der Waals surface area contributed by atoms with E-state index in [-0.39, 0.29) is 11.9 Å². The number of aliphatic hydroxyl groups excluding tert-OH is 1. The van der Waals surface area contributed by atoms with Gasteiger partial charge in [0.2, 0.25) is 0 Å². The van der Waals surface area contributed by atoms with Crippen molar-refractivity contribution in [3.63, 3.8) is 0 Å². The van der Waals surface area contributed by atoms with Crippen LogP contribution in [0.5, 0.6) is 0 Å². The molecule has 1 saturated heterocycles. The Kier molecular flexibility index (Phi) is 8.48. The monoisotopic (exact) mass is 422 g/mol. The predicted molar refractivity (Wildman–Crippen MR) is 121 cm³/mol. The summed E-state index contributed by atoms with van der Waals surface area (Å²) in [5.74, 6) is 1.78. The maximum atomic E-state index is 14.7. The van der Waals surface area contributed by atoms with E-state index in [0.29, 0.717) is 44.2 Å². The molecule has 1 aromatic carbocycles. The molecule has 0 spiro atoms. The third kappa shape index (κ3) is 6.51. The van der Waals surface area contributed by atoms with Gasteiger partial charge in [0.05, 0.1) is 18.3 Å². The van der Waals surface area contributed by atoms with Gasteiger partial charge in [-0.3, -0.25) is 0 Å². The molecule has 1 saturated carbocycles. The standard InChI is InChI=1S/C22H35FN4OS/c1-3-24-22(26-17-6-7-19(14-17)29-4-2)25-15-16-5-8-21(20(23)13-16)27-11-9-18(28)10-12-27/h5,8,13,17-19,28H,3-4,6-7,9-12,14-15H2,1-2H3,(H2,24,25,26). The first-order valence-electron chi connectivity index (χ1n) is 11.0. The number of halogens is 1. The van der Waals surface area contributed by atoms with E-state index in [4.69, 9.17) is 0 Å². The molecule has 2 atom stereocenters. The van der Waals surface area contributed by atoms with Gasteiger partial charge >= 0.3 is 0 Å². The number of piperidine rings is 1. The maximum Gasteiger partial charge on any atom is 0.191 e. The Morgan fingerprint density at radius 1 is 1.24 bits per heavy atom. The van der Waals surface area contributed by atoms with E-state index < -0.39 is 0 Å². The molecule has 0 amide bonds. The predicted octanol–water partition coefficient (Wildman–Crippen LogP) is 3.52. The molecule has 1 heterocycles. The van der Waals surface area contributed by atoms with Crippen molar-refractivity contribution in [1.82, 2.24) is 10.6 Å². The van der Waals surface area contributed by atoms with Gasteiger partial charge in [-0.05, 0) is 62.5 Å². The normalized spacial score (nSPS) is 23.4. The average Bonchev–Trinajstić information content (AvgIpc) is 3.14. The fraction of sp³-hybridized carbons (Fsp3) is 0.682. The van der Waals surface area contributed by atoms with Crippen LogP contribution >= 0.6 is 11.8 Å². The molecule has 0 radical (unpaired) electrons. The molecule has 1 aliphatic carbocycles. The van der Waals surface area contributed by atoms with Gasteiger partial charge in [-0.1, -0.05) is 13.0 Å². The Hall–Kier alpha value is -1.47. The first-order chi connectivity index (χ1) is 14.1. The van der Waals surface area contributed by atoms with Gasteiger partial charge in [-0.2, -0.15) is 11.8 Å². The Labute approximate surface area is 178 Å². The zero-order valence-corrected chi connectivity index (χ0v) is 18.5. The summed E-state index contributed by atoms with van der Waals surface area (Å²) in [6.45, 7) is 6.93. The zero-order valence-electron chi connectivity index (χ0n) is 17.7. The lowest BCUT2D eigenvalue weighted by molar-refractivity contribution is 0.145. The number of aliphatic hydroxyl groups is 1. The summed E-state index contributed by atoms with van der Waals surface area (Å²) in [5.41, 5.74) is 1.49. The van der Waals surface area contributed by atoms with Crippen LogP contribution in [0.2, 0.25) is 0 Å². The number of anilines is 1. The SMILES string of the molecule is CCNC(=NCc1ccc(N2CCC(O)CC2)c(F)c1)NC1CCC(SCC)C1. The summed E-state index contributed by atoms with van der Waals surface area (Å²) < 4.78 is 14.7. The first-order valence-corrected chi connectivity index (χ1v) is 12.0. The summed E-state index contributed by atoms with van der Waals surface area (Å²) in [7, 11) is 0. The van der Waals surface area contributed by atoms with Crippen molar-refractivity contribution in [3.05, 3.63) is 29.6 Å². The van der Waals surface area contributed by atoms with Gasteiger partial charge in [0.1, 0.15) is 5.82 Å². The van der Waals surface area contributed by atoms with Crippen LogP contribution in [0.1, 0.15) is 51.5 Å². The number of aliphatic imine (C=N–C) groups is 1.